The van der Waals surface area contributed by atoms with Gasteiger partial charge in [-0.15, -0.1) is 0 Å². The highest BCUT2D eigenvalue weighted by Crippen LogP contribution is 2.27. The van der Waals surface area contributed by atoms with Crippen molar-refractivity contribution >= 4 is 39.1 Å². The molecular weight excluding hydrogens is 281 g/mol. The first-order chi connectivity index (χ1) is 7.17. The van der Waals surface area contributed by atoms with Gasteiger partial charge in [0.2, 0.25) is 5.91 Å². The van der Waals surface area contributed by atoms with Gasteiger partial charge < -0.3 is 10.1 Å². The predicted octanol–water partition coefficient (Wildman–Crippen LogP) is 3.07. The van der Waals surface area contributed by atoms with E-state index < -0.39 is 0 Å². The number of halogens is 2. The van der Waals surface area contributed by atoms with Gasteiger partial charge in [-0.05, 0) is 12.1 Å². The lowest BCUT2D eigenvalue weighted by Gasteiger charge is -2.07. The molecule has 1 aromatic carbocycles. The highest BCUT2D eigenvalue weighted by molar-refractivity contribution is 9.09. The highest BCUT2D eigenvalue weighted by Gasteiger charge is 2.04. The van der Waals surface area contributed by atoms with Gasteiger partial charge in [-0.2, -0.15) is 0 Å². The normalized spacial score (nSPS) is 9.80. The van der Waals surface area contributed by atoms with E-state index in [4.69, 9.17) is 16.3 Å². The van der Waals surface area contributed by atoms with Crippen LogP contribution in [0.5, 0.6) is 5.75 Å². The molecule has 0 atom stereocenters. The largest absolute Gasteiger partial charge is 0.495 e. The van der Waals surface area contributed by atoms with Crippen LogP contribution in [0.4, 0.5) is 5.69 Å². The molecule has 3 nitrogen and oxygen atoms in total. The van der Waals surface area contributed by atoms with E-state index in [-0.39, 0.29) is 5.91 Å². The van der Waals surface area contributed by atoms with E-state index in [1.165, 1.54) is 7.11 Å². The zero-order valence-corrected chi connectivity index (χ0v) is 10.6. The number of benzene rings is 1. The van der Waals surface area contributed by atoms with Crippen molar-refractivity contribution in [1.29, 1.82) is 0 Å². The quantitative estimate of drug-likeness (QED) is 0.866. The van der Waals surface area contributed by atoms with Crippen molar-refractivity contribution in [2.45, 2.75) is 6.42 Å². The number of alkyl halides is 1. The van der Waals surface area contributed by atoms with E-state index in [1.807, 2.05) is 0 Å². The van der Waals surface area contributed by atoms with Gasteiger partial charge in [0, 0.05) is 23.5 Å². The molecule has 0 bridgehead atoms. The van der Waals surface area contributed by atoms with Gasteiger partial charge in [-0.1, -0.05) is 27.5 Å². The fourth-order valence-corrected chi connectivity index (χ4v) is 1.60. The zero-order valence-electron chi connectivity index (χ0n) is 8.22. The van der Waals surface area contributed by atoms with Crippen LogP contribution in [0.3, 0.4) is 0 Å². The van der Waals surface area contributed by atoms with Crippen molar-refractivity contribution in [2.75, 3.05) is 17.8 Å². The number of carbonyl (C=O) groups excluding carboxylic acids is 1. The van der Waals surface area contributed by atoms with E-state index in [1.54, 1.807) is 18.2 Å². The highest BCUT2D eigenvalue weighted by atomic mass is 79.9. The maximum absolute atomic E-state index is 11.3. The van der Waals surface area contributed by atoms with Crippen LogP contribution in [-0.4, -0.2) is 18.3 Å². The summed E-state index contributed by atoms with van der Waals surface area (Å²) in [6, 6.07) is 5.11. The Morgan fingerprint density at radius 3 is 2.93 bits per heavy atom. The number of hydrogen-bond acceptors (Lipinski definition) is 2. The van der Waals surface area contributed by atoms with Gasteiger partial charge in [0.05, 0.1) is 12.1 Å². The number of amides is 1. The Morgan fingerprint density at radius 2 is 2.33 bits per heavy atom. The van der Waals surface area contributed by atoms with Gasteiger partial charge in [0.1, 0.15) is 5.75 Å². The van der Waals surface area contributed by atoms with Gasteiger partial charge in [-0.3, -0.25) is 4.79 Å². The number of carbonyl (C=O) groups is 1. The molecule has 1 aromatic rings. The Labute approximate surface area is 102 Å². The average molecular weight is 293 g/mol. The van der Waals surface area contributed by atoms with Crippen LogP contribution in [0.25, 0.3) is 0 Å². The van der Waals surface area contributed by atoms with Crippen LogP contribution in [0.2, 0.25) is 5.02 Å². The van der Waals surface area contributed by atoms with Crippen molar-refractivity contribution in [3.63, 3.8) is 0 Å². The number of hydrogen-bond donors (Lipinski definition) is 1. The van der Waals surface area contributed by atoms with Crippen molar-refractivity contribution in [2.24, 2.45) is 0 Å². The molecule has 0 aliphatic carbocycles. The molecular formula is C10H11BrClNO2. The summed E-state index contributed by atoms with van der Waals surface area (Å²) in [4.78, 5) is 11.3. The number of nitrogens with one attached hydrogen (secondary N) is 1. The minimum absolute atomic E-state index is 0.0451. The fourth-order valence-electron chi connectivity index (χ4n) is 1.05. The lowest BCUT2D eigenvalue weighted by Crippen LogP contribution is -2.11. The van der Waals surface area contributed by atoms with Crippen LogP contribution in [0, 0.1) is 0 Å². The zero-order chi connectivity index (χ0) is 11.3. The maximum atomic E-state index is 11.3. The molecule has 0 unspecified atom stereocenters. The third kappa shape index (κ3) is 3.72. The molecule has 0 heterocycles. The van der Waals surface area contributed by atoms with Gasteiger partial charge >= 0.3 is 0 Å². The summed E-state index contributed by atoms with van der Waals surface area (Å²) in [6.45, 7) is 0. The number of methoxy groups -OCH3 is 1. The first kappa shape index (κ1) is 12.3. The Balaban J connectivity index is 2.74. The molecule has 82 valence electrons. The minimum Gasteiger partial charge on any atom is -0.495 e. The molecule has 0 aliphatic rings. The second-order valence-corrected chi connectivity index (χ2v) is 4.04. The molecule has 0 aliphatic heterocycles. The summed E-state index contributed by atoms with van der Waals surface area (Å²) >= 11 is 9.05. The molecule has 0 fully saturated rings. The molecule has 0 saturated heterocycles. The summed E-state index contributed by atoms with van der Waals surface area (Å²) < 4.78 is 5.03. The van der Waals surface area contributed by atoms with E-state index in [0.717, 1.165) is 0 Å². The second-order valence-electron chi connectivity index (χ2n) is 2.84. The lowest BCUT2D eigenvalue weighted by atomic mass is 10.3. The molecule has 1 amide bonds. The first-order valence-corrected chi connectivity index (χ1v) is 5.86. The van der Waals surface area contributed by atoms with E-state index in [9.17, 15) is 4.79 Å². The van der Waals surface area contributed by atoms with Gasteiger partial charge in [-0.25, -0.2) is 0 Å². The van der Waals surface area contributed by atoms with Gasteiger partial charge in [0.25, 0.3) is 0 Å². The molecule has 5 heteroatoms. The van der Waals surface area contributed by atoms with Crippen molar-refractivity contribution < 1.29 is 9.53 Å². The smallest absolute Gasteiger partial charge is 0.225 e. The number of anilines is 1. The monoisotopic (exact) mass is 291 g/mol. The third-order valence-corrected chi connectivity index (χ3v) is 2.47. The lowest BCUT2D eigenvalue weighted by molar-refractivity contribution is -0.115. The van der Waals surface area contributed by atoms with Gasteiger partial charge in [0.15, 0.2) is 0 Å². The third-order valence-electron chi connectivity index (χ3n) is 1.76. The molecule has 15 heavy (non-hydrogen) atoms. The maximum Gasteiger partial charge on any atom is 0.225 e. The second kappa shape index (κ2) is 5.98. The topological polar surface area (TPSA) is 38.3 Å². The number of rotatable bonds is 4. The molecule has 0 spiro atoms. The SMILES string of the molecule is COc1cc(NC(=O)CCBr)ccc1Cl. The molecule has 0 saturated carbocycles. The van der Waals surface area contributed by atoms with Crippen LogP contribution >= 0.6 is 27.5 Å². The molecule has 0 radical (unpaired) electrons. The Hall–Kier alpha value is -0.740. The Bertz CT molecular complexity index is 357. The molecule has 1 N–H and O–H groups in total. The summed E-state index contributed by atoms with van der Waals surface area (Å²) in [5.41, 5.74) is 0.683. The predicted molar refractivity (Wildman–Crippen MR) is 65.0 cm³/mol. The molecule has 1 rings (SSSR count). The Kier molecular flexibility index (Phi) is 4.91. The van der Waals surface area contributed by atoms with Crippen LogP contribution < -0.4 is 10.1 Å². The van der Waals surface area contributed by atoms with Crippen LogP contribution in [-0.2, 0) is 4.79 Å². The summed E-state index contributed by atoms with van der Waals surface area (Å²) in [7, 11) is 1.53. The van der Waals surface area contributed by atoms with E-state index >= 15 is 0 Å². The van der Waals surface area contributed by atoms with Crippen molar-refractivity contribution in [3.8, 4) is 5.75 Å². The standard InChI is InChI=1S/C10H11BrClNO2/c1-15-9-6-7(2-3-8(9)12)13-10(14)4-5-11/h2-3,6H,4-5H2,1H3,(H,13,14). The fraction of sp³-hybridized carbons (Fsp3) is 0.300. The first-order valence-electron chi connectivity index (χ1n) is 4.36. The average Bonchev–Trinajstić information content (AvgIpc) is 2.21. The van der Waals surface area contributed by atoms with E-state index in [0.29, 0.717) is 28.2 Å². The van der Waals surface area contributed by atoms with E-state index in [2.05, 4.69) is 21.2 Å². The number of ether oxygens (including phenoxy) is 1. The summed E-state index contributed by atoms with van der Waals surface area (Å²) in [6.07, 6.45) is 0.435. The van der Waals surface area contributed by atoms with Crippen LogP contribution in [0.1, 0.15) is 6.42 Å². The van der Waals surface area contributed by atoms with Crippen molar-refractivity contribution in [1.82, 2.24) is 0 Å². The Morgan fingerprint density at radius 1 is 1.60 bits per heavy atom. The summed E-state index contributed by atoms with van der Waals surface area (Å²) in [5.74, 6) is 0.504. The summed E-state index contributed by atoms with van der Waals surface area (Å²) in [5, 5.41) is 3.90. The van der Waals surface area contributed by atoms with Crippen molar-refractivity contribution in [3.05, 3.63) is 23.2 Å². The van der Waals surface area contributed by atoms with Crippen LogP contribution in [0.15, 0.2) is 18.2 Å². The molecule has 0 aromatic heterocycles. The minimum atomic E-state index is -0.0451.